The Morgan fingerprint density at radius 3 is 3.06 bits per heavy atom. The monoisotopic (exact) mass is 239 g/mol. The zero-order valence-corrected chi connectivity index (χ0v) is 9.10. The number of aromatic amines is 1. The molecule has 0 aliphatic carbocycles. The Kier molecular flexibility index (Phi) is 3.33. The van der Waals surface area contributed by atoms with Crippen molar-refractivity contribution in [2.75, 3.05) is 18.9 Å². The van der Waals surface area contributed by atoms with E-state index in [4.69, 9.17) is 10.5 Å². The first kappa shape index (κ1) is 11.5. The van der Waals surface area contributed by atoms with Gasteiger partial charge in [0.05, 0.1) is 19.1 Å². The van der Waals surface area contributed by atoms with E-state index in [0.717, 1.165) is 0 Å². The number of nitrogens with one attached hydrogen (secondary N) is 2. The van der Waals surface area contributed by atoms with E-state index < -0.39 is 5.56 Å². The third kappa shape index (κ3) is 2.78. The number of anilines is 1. The van der Waals surface area contributed by atoms with Crippen LogP contribution in [-0.4, -0.2) is 34.3 Å². The molecule has 0 saturated carbocycles. The lowest BCUT2D eigenvalue weighted by Crippen LogP contribution is -2.33. The van der Waals surface area contributed by atoms with Gasteiger partial charge in [-0.1, -0.05) is 0 Å². The molecule has 0 spiro atoms. The third-order valence-electron chi connectivity index (χ3n) is 2.51. The first-order valence-electron chi connectivity index (χ1n) is 5.23. The maximum absolute atomic E-state index is 11.6. The zero-order valence-electron chi connectivity index (χ0n) is 9.10. The average Bonchev–Trinajstić information content (AvgIpc) is 2.81. The maximum Gasteiger partial charge on any atom is 0.276 e. The Morgan fingerprint density at radius 2 is 2.41 bits per heavy atom. The van der Waals surface area contributed by atoms with Crippen molar-refractivity contribution in [1.82, 2.24) is 20.5 Å². The first-order valence-corrected chi connectivity index (χ1v) is 5.23. The fourth-order valence-corrected chi connectivity index (χ4v) is 1.55. The highest BCUT2D eigenvalue weighted by Gasteiger charge is 2.23. The van der Waals surface area contributed by atoms with Crippen LogP contribution in [0.3, 0.4) is 0 Å². The number of hydrogen-bond acceptors (Lipinski definition) is 6. The quantitative estimate of drug-likeness (QED) is 0.583. The molecule has 4 N–H and O–H groups in total. The van der Waals surface area contributed by atoms with Gasteiger partial charge in [-0.15, -0.1) is 10.2 Å². The molecule has 1 fully saturated rings. The summed E-state index contributed by atoms with van der Waals surface area (Å²) >= 11 is 0. The van der Waals surface area contributed by atoms with E-state index >= 15 is 0 Å². The summed E-state index contributed by atoms with van der Waals surface area (Å²) in [7, 11) is 0. The Hall–Kier alpha value is -1.96. The van der Waals surface area contributed by atoms with Crippen LogP contribution in [0.5, 0.6) is 0 Å². The molecule has 8 nitrogen and oxygen atoms in total. The van der Waals surface area contributed by atoms with Crippen LogP contribution in [0.2, 0.25) is 0 Å². The molecule has 8 heteroatoms. The Balaban J connectivity index is 1.93. The highest BCUT2D eigenvalue weighted by atomic mass is 16.5. The summed E-state index contributed by atoms with van der Waals surface area (Å²) in [6, 6.07) is 0. The number of nitrogens with zero attached hydrogens (tertiary/aromatic N) is 2. The summed E-state index contributed by atoms with van der Waals surface area (Å²) in [5.74, 6) is -0.328. The van der Waals surface area contributed by atoms with Crippen molar-refractivity contribution in [3.05, 3.63) is 16.0 Å². The number of carbonyl (C=O) groups excluding carboxylic acids is 1. The van der Waals surface area contributed by atoms with Crippen LogP contribution in [0.25, 0.3) is 0 Å². The van der Waals surface area contributed by atoms with Crippen LogP contribution in [0, 0.1) is 5.92 Å². The number of nitrogen functional groups attached to an aromatic ring is 1. The molecule has 17 heavy (non-hydrogen) atoms. The Labute approximate surface area is 96.6 Å². The minimum absolute atomic E-state index is 0.0396. The zero-order chi connectivity index (χ0) is 12.3. The molecule has 1 unspecified atom stereocenters. The average molecular weight is 239 g/mol. The van der Waals surface area contributed by atoms with Gasteiger partial charge in [0.15, 0.2) is 0 Å². The summed E-state index contributed by atoms with van der Waals surface area (Å²) in [6.07, 6.45) is 0.704. The highest BCUT2D eigenvalue weighted by Crippen LogP contribution is 2.11. The standard InChI is InChI=1S/C9H13N5O3/c10-9-12-8(16)6(13-14-9)3-11-7(15)5-1-2-17-4-5/h5H,1-4H2,(H,11,15)(H3,10,12,14,16). The molecule has 2 heterocycles. The molecule has 2 rings (SSSR count). The lowest BCUT2D eigenvalue weighted by molar-refractivity contribution is -0.125. The normalized spacial score (nSPS) is 19.2. The molecule has 92 valence electrons. The van der Waals surface area contributed by atoms with Gasteiger partial charge in [0, 0.05) is 6.61 Å². The van der Waals surface area contributed by atoms with Crippen molar-refractivity contribution in [3.8, 4) is 0 Å². The molecular weight excluding hydrogens is 226 g/mol. The van der Waals surface area contributed by atoms with Crippen molar-refractivity contribution >= 4 is 11.9 Å². The van der Waals surface area contributed by atoms with Crippen LogP contribution in [0.4, 0.5) is 5.95 Å². The number of amides is 1. The Bertz CT molecular complexity index is 466. The van der Waals surface area contributed by atoms with Crippen molar-refractivity contribution in [3.63, 3.8) is 0 Å². The second-order valence-corrected chi connectivity index (χ2v) is 3.76. The molecule has 1 saturated heterocycles. The minimum atomic E-state index is -0.444. The highest BCUT2D eigenvalue weighted by molar-refractivity contribution is 5.78. The summed E-state index contributed by atoms with van der Waals surface area (Å²) in [5, 5.41) is 9.74. The maximum atomic E-state index is 11.6. The summed E-state index contributed by atoms with van der Waals surface area (Å²) in [4.78, 5) is 25.3. The van der Waals surface area contributed by atoms with Gasteiger partial charge in [-0.05, 0) is 6.42 Å². The van der Waals surface area contributed by atoms with Gasteiger partial charge in [0.2, 0.25) is 11.9 Å². The molecule has 0 radical (unpaired) electrons. The molecule has 1 atom stereocenters. The van der Waals surface area contributed by atoms with E-state index in [1.54, 1.807) is 0 Å². The van der Waals surface area contributed by atoms with Gasteiger partial charge in [-0.2, -0.15) is 0 Å². The summed E-state index contributed by atoms with van der Waals surface area (Å²) < 4.78 is 5.10. The predicted octanol–water partition coefficient (Wildman–Crippen LogP) is -1.60. The van der Waals surface area contributed by atoms with Crippen LogP contribution >= 0.6 is 0 Å². The molecular formula is C9H13N5O3. The van der Waals surface area contributed by atoms with E-state index in [-0.39, 0.29) is 30.0 Å². The van der Waals surface area contributed by atoms with Crippen molar-refractivity contribution < 1.29 is 9.53 Å². The van der Waals surface area contributed by atoms with Crippen LogP contribution in [-0.2, 0) is 16.1 Å². The van der Waals surface area contributed by atoms with Gasteiger partial charge in [-0.3, -0.25) is 14.6 Å². The van der Waals surface area contributed by atoms with Gasteiger partial charge in [0.25, 0.3) is 5.56 Å². The lowest BCUT2D eigenvalue weighted by atomic mass is 10.1. The molecule has 1 amide bonds. The molecule has 0 aromatic carbocycles. The number of carbonyl (C=O) groups is 1. The van der Waals surface area contributed by atoms with Gasteiger partial charge < -0.3 is 15.8 Å². The van der Waals surface area contributed by atoms with E-state index in [2.05, 4.69) is 20.5 Å². The number of ether oxygens (including phenoxy) is 1. The molecule has 0 bridgehead atoms. The van der Waals surface area contributed by atoms with Crippen molar-refractivity contribution in [1.29, 1.82) is 0 Å². The van der Waals surface area contributed by atoms with Crippen molar-refractivity contribution in [2.24, 2.45) is 5.92 Å². The predicted molar refractivity (Wildman–Crippen MR) is 57.8 cm³/mol. The van der Waals surface area contributed by atoms with E-state index in [1.807, 2.05) is 0 Å². The van der Waals surface area contributed by atoms with Crippen LogP contribution < -0.4 is 16.6 Å². The molecule has 1 aromatic rings. The number of hydrogen-bond donors (Lipinski definition) is 3. The SMILES string of the molecule is Nc1nnc(CNC(=O)C2CCOC2)c(=O)[nH]1. The second-order valence-electron chi connectivity index (χ2n) is 3.76. The van der Waals surface area contributed by atoms with Crippen LogP contribution in [0.1, 0.15) is 12.1 Å². The fraction of sp³-hybridized carbons (Fsp3) is 0.556. The number of rotatable bonds is 3. The minimum Gasteiger partial charge on any atom is -0.381 e. The fourth-order valence-electron chi connectivity index (χ4n) is 1.55. The second kappa shape index (κ2) is 4.91. The smallest absolute Gasteiger partial charge is 0.276 e. The Morgan fingerprint density at radius 1 is 1.59 bits per heavy atom. The molecule has 1 aromatic heterocycles. The topological polar surface area (TPSA) is 123 Å². The van der Waals surface area contributed by atoms with E-state index in [0.29, 0.717) is 19.6 Å². The molecule has 1 aliphatic heterocycles. The van der Waals surface area contributed by atoms with Gasteiger partial charge in [0.1, 0.15) is 5.69 Å². The summed E-state index contributed by atoms with van der Waals surface area (Å²) in [6.45, 7) is 1.06. The van der Waals surface area contributed by atoms with E-state index in [1.165, 1.54) is 0 Å². The van der Waals surface area contributed by atoms with Gasteiger partial charge >= 0.3 is 0 Å². The number of H-pyrrole nitrogens is 1. The summed E-state index contributed by atoms with van der Waals surface area (Å²) in [5.41, 5.74) is 4.94. The number of aromatic nitrogens is 3. The third-order valence-corrected chi connectivity index (χ3v) is 2.51. The van der Waals surface area contributed by atoms with Crippen molar-refractivity contribution in [2.45, 2.75) is 13.0 Å². The van der Waals surface area contributed by atoms with Crippen LogP contribution in [0.15, 0.2) is 4.79 Å². The first-order chi connectivity index (χ1) is 8.16. The lowest BCUT2D eigenvalue weighted by Gasteiger charge is -2.07. The largest absolute Gasteiger partial charge is 0.381 e. The van der Waals surface area contributed by atoms with Gasteiger partial charge in [-0.25, -0.2) is 0 Å². The number of nitrogens with two attached hydrogens (primary N) is 1. The molecule has 1 aliphatic rings. The van der Waals surface area contributed by atoms with E-state index in [9.17, 15) is 9.59 Å².